The molecule has 1 aromatic carbocycles. The fourth-order valence-corrected chi connectivity index (χ4v) is 2.52. The van der Waals surface area contributed by atoms with Crippen molar-refractivity contribution in [2.75, 3.05) is 19.6 Å². The summed E-state index contributed by atoms with van der Waals surface area (Å²) in [6, 6.07) is 3.86. The lowest BCUT2D eigenvalue weighted by Gasteiger charge is -2.21. The summed E-state index contributed by atoms with van der Waals surface area (Å²) < 4.78 is 26.8. The van der Waals surface area contributed by atoms with Crippen LogP contribution in [0.3, 0.4) is 0 Å². The molecule has 3 rings (SSSR count). The molecule has 2 N–H and O–H groups in total. The van der Waals surface area contributed by atoms with Crippen LogP contribution in [0.25, 0.3) is 0 Å². The van der Waals surface area contributed by atoms with Gasteiger partial charge in [0.05, 0.1) is 0 Å². The molecule has 1 heterocycles. The topological polar surface area (TPSA) is 36.4 Å². The Kier molecular flexibility index (Phi) is 4.82. The smallest absolute Gasteiger partial charge is 0.191 e. The SMILES string of the molecule is Fc1ccc(C2(CNC3=NCCCN3)CC2)c(F)c1.I. The zero-order valence-corrected chi connectivity index (χ0v) is 13.4. The molecule has 0 aromatic heterocycles. The fourth-order valence-electron chi connectivity index (χ4n) is 2.52. The zero-order chi connectivity index (χ0) is 13.3. The molecule has 0 bridgehead atoms. The number of hydrogen-bond donors (Lipinski definition) is 2. The highest BCUT2D eigenvalue weighted by Gasteiger charge is 2.46. The van der Waals surface area contributed by atoms with Crippen LogP contribution in [0.4, 0.5) is 8.78 Å². The van der Waals surface area contributed by atoms with Gasteiger partial charge < -0.3 is 10.6 Å². The molecule has 3 nitrogen and oxygen atoms in total. The third-order valence-electron chi connectivity index (χ3n) is 3.85. The van der Waals surface area contributed by atoms with Crippen LogP contribution in [0.15, 0.2) is 23.2 Å². The minimum absolute atomic E-state index is 0. The monoisotopic (exact) mass is 393 g/mol. The molecule has 0 amide bonds. The number of guanidine groups is 1. The Morgan fingerprint density at radius 3 is 2.70 bits per heavy atom. The van der Waals surface area contributed by atoms with E-state index in [1.54, 1.807) is 6.07 Å². The van der Waals surface area contributed by atoms with Crippen LogP contribution in [-0.2, 0) is 5.41 Å². The van der Waals surface area contributed by atoms with Crippen molar-refractivity contribution in [2.24, 2.45) is 4.99 Å². The number of rotatable bonds is 3. The Labute approximate surface area is 134 Å². The number of hydrogen-bond acceptors (Lipinski definition) is 3. The summed E-state index contributed by atoms with van der Waals surface area (Å²) in [5, 5.41) is 6.42. The second-order valence-electron chi connectivity index (χ2n) is 5.27. The van der Waals surface area contributed by atoms with Gasteiger partial charge in [-0.1, -0.05) is 6.07 Å². The Balaban J connectivity index is 0.00000147. The van der Waals surface area contributed by atoms with E-state index in [0.29, 0.717) is 12.1 Å². The number of nitrogens with zero attached hydrogens (tertiary/aromatic N) is 1. The van der Waals surface area contributed by atoms with E-state index < -0.39 is 11.6 Å². The van der Waals surface area contributed by atoms with Gasteiger partial charge in [0.2, 0.25) is 0 Å². The molecule has 1 aliphatic heterocycles. The summed E-state index contributed by atoms with van der Waals surface area (Å²) in [6.07, 6.45) is 2.90. The van der Waals surface area contributed by atoms with E-state index in [0.717, 1.165) is 44.4 Å². The first kappa shape index (κ1) is 15.5. The summed E-state index contributed by atoms with van der Waals surface area (Å²) in [5.41, 5.74) is 0.414. The van der Waals surface area contributed by atoms with Crippen LogP contribution in [0, 0.1) is 11.6 Å². The van der Waals surface area contributed by atoms with E-state index in [9.17, 15) is 8.78 Å². The van der Waals surface area contributed by atoms with Gasteiger partial charge in [-0.25, -0.2) is 8.78 Å². The van der Waals surface area contributed by atoms with Gasteiger partial charge >= 0.3 is 0 Å². The van der Waals surface area contributed by atoms with Crippen LogP contribution in [-0.4, -0.2) is 25.6 Å². The first-order valence-electron chi connectivity index (χ1n) is 6.67. The normalized spacial score (nSPS) is 19.4. The van der Waals surface area contributed by atoms with Gasteiger partial charge in [-0.15, -0.1) is 24.0 Å². The minimum Gasteiger partial charge on any atom is -0.356 e. The average Bonchev–Trinajstić information content (AvgIpc) is 3.19. The Hall–Kier alpha value is -0.920. The van der Waals surface area contributed by atoms with Crippen molar-refractivity contribution in [3.05, 3.63) is 35.4 Å². The van der Waals surface area contributed by atoms with Gasteiger partial charge in [0.25, 0.3) is 0 Å². The number of aliphatic imine (C=N–C) groups is 1. The van der Waals surface area contributed by atoms with Gasteiger partial charge in [0.15, 0.2) is 5.96 Å². The van der Waals surface area contributed by atoms with Crippen LogP contribution < -0.4 is 10.6 Å². The van der Waals surface area contributed by atoms with Crippen molar-refractivity contribution in [1.82, 2.24) is 10.6 Å². The molecule has 0 radical (unpaired) electrons. The van der Waals surface area contributed by atoms with Gasteiger partial charge in [-0.3, -0.25) is 4.99 Å². The molecule has 0 atom stereocenters. The molecule has 6 heteroatoms. The number of halogens is 3. The quantitative estimate of drug-likeness (QED) is 0.775. The van der Waals surface area contributed by atoms with E-state index in [1.807, 2.05) is 0 Å². The van der Waals surface area contributed by atoms with Crippen molar-refractivity contribution >= 4 is 29.9 Å². The fraction of sp³-hybridized carbons (Fsp3) is 0.500. The maximum absolute atomic E-state index is 13.8. The Morgan fingerprint density at radius 2 is 2.10 bits per heavy atom. The maximum Gasteiger partial charge on any atom is 0.191 e. The van der Waals surface area contributed by atoms with E-state index in [1.165, 1.54) is 6.07 Å². The van der Waals surface area contributed by atoms with Gasteiger partial charge in [0, 0.05) is 31.1 Å². The first-order chi connectivity index (χ1) is 9.20. The first-order valence-corrected chi connectivity index (χ1v) is 6.67. The molecule has 0 spiro atoms. The van der Waals surface area contributed by atoms with Gasteiger partial charge in [-0.2, -0.15) is 0 Å². The molecule has 0 saturated heterocycles. The molecule has 1 aromatic rings. The molecule has 1 saturated carbocycles. The molecule has 110 valence electrons. The lowest BCUT2D eigenvalue weighted by Crippen LogP contribution is -2.43. The summed E-state index contributed by atoms with van der Waals surface area (Å²) in [5.74, 6) is -0.179. The van der Waals surface area contributed by atoms with E-state index in [2.05, 4.69) is 15.6 Å². The van der Waals surface area contributed by atoms with Crippen LogP contribution in [0.2, 0.25) is 0 Å². The Morgan fingerprint density at radius 1 is 1.30 bits per heavy atom. The second kappa shape index (κ2) is 6.24. The van der Waals surface area contributed by atoms with Crippen LogP contribution >= 0.6 is 24.0 Å². The van der Waals surface area contributed by atoms with Crippen molar-refractivity contribution in [2.45, 2.75) is 24.7 Å². The molecule has 20 heavy (non-hydrogen) atoms. The summed E-state index contributed by atoms with van der Waals surface area (Å²) in [7, 11) is 0. The Bertz CT molecular complexity index is 515. The third kappa shape index (κ3) is 3.21. The molecule has 2 aliphatic rings. The highest BCUT2D eigenvalue weighted by molar-refractivity contribution is 14.0. The number of benzene rings is 1. The third-order valence-corrected chi connectivity index (χ3v) is 3.85. The molecule has 0 unspecified atom stereocenters. The van der Waals surface area contributed by atoms with E-state index >= 15 is 0 Å². The molecular weight excluding hydrogens is 375 g/mol. The predicted octanol–water partition coefficient (Wildman–Crippen LogP) is 2.55. The zero-order valence-electron chi connectivity index (χ0n) is 11.1. The predicted molar refractivity (Wildman–Crippen MR) is 85.6 cm³/mol. The average molecular weight is 393 g/mol. The molecule has 1 fully saturated rings. The standard InChI is InChI=1S/C14H17F2N3.HI/c15-10-2-3-11(12(16)8-10)14(4-5-14)9-19-13-17-6-1-7-18-13;/h2-3,8H,1,4-7,9H2,(H2,17,18,19);1H. The molecular formula is C14H18F2IN3. The maximum atomic E-state index is 13.8. The van der Waals surface area contributed by atoms with Crippen LogP contribution in [0.1, 0.15) is 24.8 Å². The highest BCUT2D eigenvalue weighted by Crippen LogP contribution is 2.48. The van der Waals surface area contributed by atoms with Gasteiger partial charge in [0.1, 0.15) is 11.6 Å². The van der Waals surface area contributed by atoms with Crippen LogP contribution in [0.5, 0.6) is 0 Å². The summed E-state index contributed by atoms with van der Waals surface area (Å²) >= 11 is 0. The number of nitrogens with one attached hydrogen (secondary N) is 2. The van der Waals surface area contributed by atoms with Crippen molar-refractivity contribution in [3.63, 3.8) is 0 Å². The lowest BCUT2D eigenvalue weighted by atomic mass is 9.95. The largest absolute Gasteiger partial charge is 0.356 e. The molecule has 1 aliphatic carbocycles. The summed E-state index contributed by atoms with van der Waals surface area (Å²) in [6.45, 7) is 2.39. The van der Waals surface area contributed by atoms with Crippen molar-refractivity contribution in [1.29, 1.82) is 0 Å². The van der Waals surface area contributed by atoms with Gasteiger partial charge in [-0.05, 0) is 30.9 Å². The minimum atomic E-state index is -0.525. The van der Waals surface area contributed by atoms with E-state index in [-0.39, 0.29) is 29.4 Å². The second-order valence-corrected chi connectivity index (χ2v) is 5.27. The van der Waals surface area contributed by atoms with Crippen molar-refractivity contribution in [3.8, 4) is 0 Å². The highest BCUT2D eigenvalue weighted by atomic mass is 127. The van der Waals surface area contributed by atoms with E-state index in [4.69, 9.17) is 0 Å². The summed E-state index contributed by atoms with van der Waals surface area (Å²) in [4.78, 5) is 4.33. The lowest BCUT2D eigenvalue weighted by molar-refractivity contribution is 0.539. The van der Waals surface area contributed by atoms with Crippen molar-refractivity contribution < 1.29 is 8.78 Å².